The summed E-state index contributed by atoms with van der Waals surface area (Å²) in [6.07, 6.45) is 1.37. The average Bonchev–Trinajstić information content (AvgIpc) is 3.38. The summed E-state index contributed by atoms with van der Waals surface area (Å²) in [5.41, 5.74) is 1.01. The number of nitrogens with one attached hydrogen (secondary N) is 2. The van der Waals surface area contributed by atoms with Crippen LogP contribution in [-0.4, -0.2) is 31.5 Å². The van der Waals surface area contributed by atoms with Gasteiger partial charge in [-0.05, 0) is 43.7 Å². The molecule has 0 atom stereocenters. The molecule has 2 N–H and O–H groups in total. The Morgan fingerprint density at radius 1 is 1.07 bits per heavy atom. The van der Waals surface area contributed by atoms with Gasteiger partial charge in [-0.15, -0.1) is 11.3 Å². The van der Waals surface area contributed by atoms with E-state index in [1.807, 2.05) is 6.92 Å². The number of carbonyl (C=O) groups is 3. The summed E-state index contributed by atoms with van der Waals surface area (Å²) < 4.78 is 15.4. The topological polar surface area (TPSA) is 107 Å². The molecule has 2 heterocycles. The van der Waals surface area contributed by atoms with E-state index in [9.17, 15) is 14.4 Å². The van der Waals surface area contributed by atoms with E-state index in [0.29, 0.717) is 23.6 Å². The van der Waals surface area contributed by atoms with Gasteiger partial charge in [-0.25, -0.2) is 4.79 Å². The van der Waals surface area contributed by atoms with Crippen molar-refractivity contribution in [3.8, 4) is 5.75 Å². The van der Waals surface area contributed by atoms with Crippen molar-refractivity contribution in [3.63, 3.8) is 0 Å². The molecule has 2 aromatic heterocycles. The maximum atomic E-state index is 12.9. The molecule has 0 unspecified atom stereocenters. The summed E-state index contributed by atoms with van der Waals surface area (Å²) in [6, 6.07) is 10.1. The molecule has 0 saturated carbocycles. The number of hydrogen-bond donors (Lipinski definition) is 2. The predicted octanol–water partition coefficient (Wildman–Crippen LogP) is 4.34. The molecular weight excluding hydrogens is 408 g/mol. The summed E-state index contributed by atoms with van der Waals surface area (Å²) >= 11 is 0.975. The van der Waals surface area contributed by atoms with Crippen LogP contribution in [0.1, 0.15) is 43.1 Å². The number of benzene rings is 1. The average molecular weight is 428 g/mol. The molecule has 0 spiro atoms. The first-order valence-electron chi connectivity index (χ1n) is 9.06. The molecule has 156 valence electrons. The zero-order valence-corrected chi connectivity index (χ0v) is 17.4. The van der Waals surface area contributed by atoms with Gasteiger partial charge in [-0.1, -0.05) is 12.1 Å². The molecule has 8 nitrogen and oxygen atoms in total. The molecule has 0 fully saturated rings. The van der Waals surface area contributed by atoms with E-state index < -0.39 is 17.8 Å². The minimum Gasteiger partial charge on any atom is -0.492 e. The van der Waals surface area contributed by atoms with Gasteiger partial charge < -0.3 is 24.5 Å². The van der Waals surface area contributed by atoms with Crippen molar-refractivity contribution in [2.24, 2.45) is 0 Å². The van der Waals surface area contributed by atoms with E-state index in [4.69, 9.17) is 13.9 Å². The normalized spacial score (nSPS) is 10.4. The monoisotopic (exact) mass is 428 g/mol. The Balaban J connectivity index is 1.93. The second-order valence-electron chi connectivity index (χ2n) is 6.07. The number of furan rings is 1. The zero-order valence-electron chi connectivity index (χ0n) is 16.6. The number of amides is 2. The number of thiophene rings is 1. The van der Waals surface area contributed by atoms with Crippen LogP contribution >= 0.6 is 11.3 Å². The van der Waals surface area contributed by atoms with Gasteiger partial charge >= 0.3 is 5.97 Å². The fraction of sp³-hybridized carbons (Fsp3) is 0.190. The van der Waals surface area contributed by atoms with Crippen LogP contribution in [0.25, 0.3) is 0 Å². The lowest BCUT2D eigenvalue weighted by Crippen LogP contribution is -2.14. The number of methoxy groups -OCH3 is 1. The van der Waals surface area contributed by atoms with Crippen LogP contribution in [0.3, 0.4) is 0 Å². The summed E-state index contributed by atoms with van der Waals surface area (Å²) in [4.78, 5) is 37.9. The molecule has 0 saturated heterocycles. The number of carbonyl (C=O) groups excluding carboxylic acids is 3. The first-order valence-corrected chi connectivity index (χ1v) is 9.87. The van der Waals surface area contributed by atoms with Crippen molar-refractivity contribution in [1.29, 1.82) is 0 Å². The Hall–Kier alpha value is -3.59. The second kappa shape index (κ2) is 9.27. The van der Waals surface area contributed by atoms with E-state index >= 15 is 0 Å². The summed E-state index contributed by atoms with van der Waals surface area (Å²) in [5, 5.41) is 5.61. The first kappa shape index (κ1) is 21.1. The predicted molar refractivity (Wildman–Crippen MR) is 113 cm³/mol. The lowest BCUT2D eigenvalue weighted by molar-refractivity contribution is 0.0601. The van der Waals surface area contributed by atoms with Gasteiger partial charge in [0, 0.05) is 0 Å². The van der Waals surface area contributed by atoms with Gasteiger partial charge in [0.2, 0.25) is 0 Å². The number of rotatable bonds is 7. The summed E-state index contributed by atoms with van der Waals surface area (Å²) in [7, 11) is 1.23. The Morgan fingerprint density at radius 3 is 2.50 bits per heavy atom. The highest BCUT2D eigenvalue weighted by molar-refractivity contribution is 7.19. The van der Waals surface area contributed by atoms with Crippen LogP contribution in [0.4, 0.5) is 10.7 Å². The van der Waals surface area contributed by atoms with Gasteiger partial charge in [0.05, 0.1) is 36.1 Å². The van der Waals surface area contributed by atoms with Crippen molar-refractivity contribution in [3.05, 3.63) is 64.4 Å². The van der Waals surface area contributed by atoms with E-state index in [1.165, 1.54) is 19.4 Å². The third-order valence-electron chi connectivity index (χ3n) is 4.15. The standard InChI is InChI=1S/C21H20N2O6S/c1-4-28-14-9-6-5-8-13(14)22-19(25)17-12(2)16(21(26)27-3)20(30-17)23-18(24)15-10-7-11-29-15/h5-11H,4H2,1-3H3,(H,22,25)(H,23,24). The lowest BCUT2D eigenvalue weighted by atomic mass is 10.1. The zero-order chi connectivity index (χ0) is 21.7. The van der Waals surface area contributed by atoms with Crippen LogP contribution in [0.5, 0.6) is 5.75 Å². The van der Waals surface area contributed by atoms with Gasteiger partial charge in [-0.2, -0.15) is 0 Å². The Kier molecular flexibility index (Phi) is 6.53. The number of esters is 1. The van der Waals surface area contributed by atoms with Crippen molar-refractivity contribution < 1.29 is 28.3 Å². The second-order valence-corrected chi connectivity index (χ2v) is 7.09. The first-order chi connectivity index (χ1) is 14.5. The highest BCUT2D eigenvalue weighted by atomic mass is 32.1. The molecule has 1 aromatic carbocycles. The quantitative estimate of drug-likeness (QED) is 0.542. The smallest absolute Gasteiger partial charge is 0.341 e. The maximum absolute atomic E-state index is 12.9. The van der Waals surface area contributed by atoms with Crippen molar-refractivity contribution in [2.75, 3.05) is 24.4 Å². The summed E-state index contributed by atoms with van der Waals surface area (Å²) in [5.74, 6) is -1.03. The molecule has 30 heavy (non-hydrogen) atoms. The highest BCUT2D eigenvalue weighted by Crippen LogP contribution is 2.35. The molecule has 0 radical (unpaired) electrons. The highest BCUT2D eigenvalue weighted by Gasteiger charge is 2.27. The Bertz CT molecular complexity index is 1070. The van der Waals surface area contributed by atoms with Gasteiger partial charge in [0.1, 0.15) is 10.8 Å². The molecule has 2 amide bonds. The van der Waals surface area contributed by atoms with Crippen LogP contribution in [0.2, 0.25) is 0 Å². The van der Waals surface area contributed by atoms with E-state index in [1.54, 1.807) is 37.3 Å². The maximum Gasteiger partial charge on any atom is 0.341 e. The number of para-hydroxylation sites is 2. The molecule has 9 heteroatoms. The third-order valence-corrected chi connectivity index (χ3v) is 5.36. The van der Waals surface area contributed by atoms with E-state index in [-0.39, 0.29) is 21.2 Å². The minimum absolute atomic E-state index is 0.0773. The van der Waals surface area contributed by atoms with E-state index in [2.05, 4.69) is 10.6 Å². The molecule has 3 aromatic rings. The third kappa shape index (κ3) is 4.36. The SMILES string of the molecule is CCOc1ccccc1NC(=O)c1sc(NC(=O)c2ccco2)c(C(=O)OC)c1C. The van der Waals surface area contributed by atoms with Crippen molar-refractivity contribution in [1.82, 2.24) is 0 Å². The largest absolute Gasteiger partial charge is 0.492 e. The molecule has 3 rings (SSSR count). The van der Waals surface area contributed by atoms with Crippen LogP contribution in [0.15, 0.2) is 47.1 Å². The number of ether oxygens (including phenoxy) is 2. The minimum atomic E-state index is -0.660. The summed E-state index contributed by atoms with van der Waals surface area (Å²) in [6.45, 7) is 3.91. The Morgan fingerprint density at radius 2 is 1.83 bits per heavy atom. The lowest BCUT2D eigenvalue weighted by Gasteiger charge is -2.11. The van der Waals surface area contributed by atoms with Gasteiger partial charge in [-0.3, -0.25) is 9.59 Å². The molecule has 0 aliphatic rings. The number of anilines is 2. The van der Waals surface area contributed by atoms with Crippen LogP contribution < -0.4 is 15.4 Å². The number of hydrogen-bond acceptors (Lipinski definition) is 7. The fourth-order valence-corrected chi connectivity index (χ4v) is 3.85. The molecule has 0 aliphatic carbocycles. The van der Waals surface area contributed by atoms with Crippen molar-refractivity contribution >= 4 is 39.8 Å². The van der Waals surface area contributed by atoms with Gasteiger partial charge in [0.25, 0.3) is 11.8 Å². The van der Waals surface area contributed by atoms with Crippen LogP contribution in [-0.2, 0) is 4.74 Å². The van der Waals surface area contributed by atoms with Crippen molar-refractivity contribution in [2.45, 2.75) is 13.8 Å². The molecular formula is C21H20N2O6S. The Labute approximate surface area is 176 Å². The molecule has 0 bridgehead atoms. The fourth-order valence-electron chi connectivity index (χ4n) is 2.77. The van der Waals surface area contributed by atoms with Gasteiger partial charge in [0.15, 0.2) is 5.76 Å². The molecule has 0 aliphatic heterocycles. The van der Waals surface area contributed by atoms with E-state index in [0.717, 1.165) is 11.3 Å². The van der Waals surface area contributed by atoms with Crippen LogP contribution in [0, 0.1) is 6.92 Å².